The van der Waals surface area contributed by atoms with Gasteiger partial charge in [-0.1, -0.05) is 30.1 Å². The molecule has 0 aliphatic heterocycles. The first-order valence-electron chi connectivity index (χ1n) is 8.93. The van der Waals surface area contributed by atoms with Crippen LogP contribution in [-0.2, 0) is 0 Å². The minimum absolute atomic E-state index is 0.510. The highest BCUT2D eigenvalue weighted by molar-refractivity contribution is 6.36. The van der Waals surface area contributed by atoms with E-state index >= 15 is 0 Å². The van der Waals surface area contributed by atoms with E-state index in [9.17, 15) is 0 Å². The monoisotopic (exact) mass is 389 g/mol. The molecule has 1 aliphatic carbocycles. The van der Waals surface area contributed by atoms with E-state index in [1.165, 1.54) is 18.4 Å². The number of nitrogens with zero attached hydrogens (tertiary/aromatic N) is 4. The SMILES string of the molecule is CCC(c1cnn2c(Nc3c(C)cc(Cl)cc3Cl)nc(C)nc12)C1CC1. The van der Waals surface area contributed by atoms with Gasteiger partial charge in [0.1, 0.15) is 5.82 Å². The fourth-order valence-corrected chi connectivity index (χ4v) is 4.26. The molecule has 2 heterocycles. The van der Waals surface area contributed by atoms with Crippen molar-refractivity contribution >= 4 is 40.5 Å². The number of aryl methyl sites for hydroxylation is 2. The topological polar surface area (TPSA) is 55.1 Å². The molecule has 1 unspecified atom stereocenters. The molecule has 4 rings (SSSR count). The van der Waals surface area contributed by atoms with E-state index < -0.39 is 0 Å². The van der Waals surface area contributed by atoms with Gasteiger partial charge in [0, 0.05) is 10.6 Å². The van der Waals surface area contributed by atoms with Crippen LogP contribution in [0.15, 0.2) is 18.3 Å². The van der Waals surface area contributed by atoms with Crippen molar-refractivity contribution in [2.24, 2.45) is 5.92 Å². The maximum absolute atomic E-state index is 6.38. The summed E-state index contributed by atoms with van der Waals surface area (Å²) in [6, 6.07) is 3.59. The number of rotatable bonds is 5. The van der Waals surface area contributed by atoms with Gasteiger partial charge in [-0.25, -0.2) is 4.98 Å². The first-order valence-corrected chi connectivity index (χ1v) is 9.68. The van der Waals surface area contributed by atoms with Gasteiger partial charge in [0.2, 0.25) is 5.95 Å². The number of fused-ring (bicyclic) bond motifs is 1. The van der Waals surface area contributed by atoms with Gasteiger partial charge in [-0.3, -0.25) is 0 Å². The lowest BCUT2D eigenvalue weighted by Gasteiger charge is -2.14. The summed E-state index contributed by atoms with van der Waals surface area (Å²) >= 11 is 12.5. The highest BCUT2D eigenvalue weighted by Crippen LogP contribution is 2.45. The molecule has 3 aromatic rings. The van der Waals surface area contributed by atoms with Crippen molar-refractivity contribution < 1.29 is 0 Å². The molecule has 0 saturated heterocycles. The number of anilines is 2. The van der Waals surface area contributed by atoms with Crippen molar-refractivity contribution in [2.75, 3.05) is 5.32 Å². The summed E-state index contributed by atoms with van der Waals surface area (Å²) in [5.41, 5.74) is 3.81. The first-order chi connectivity index (χ1) is 12.5. The van der Waals surface area contributed by atoms with E-state index in [-0.39, 0.29) is 0 Å². The lowest BCUT2D eigenvalue weighted by Crippen LogP contribution is -2.08. The maximum Gasteiger partial charge on any atom is 0.232 e. The Morgan fingerprint density at radius 3 is 2.65 bits per heavy atom. The van der Waals surface area contributed by atoms with Crippen LogP contribution >= 0.6 is 23.2 Å². The number of nitrogens with one attached hydrogen (secondary N) is 1. The number of halogens is 2. The molecule has 26 heavy (non-hydrogen) atoms. The summed E-state index contributed by atoms with van der Waals surface area (Å²) in [5, 5.41) is 9.06. The Hall–Kier alpha value is -1.85. The van der Waals surface area contributed by atoms with Gasteiger partial charge in [-0.15, -0.1) is 0 Å². The quantitative estimate of drug-likeness (QED) is 0.608. The minimum atomic E-state index is 0.510. The highest BCUT2D eigenvalue weighted by Gasteiger charge is 2.33. The lowest BCUT2D eigenvalue weighted by molar-refractivity contribution is 0.589. The number of aromatic nitrogens is 4. The molecule has 1 saturated carbocycles. The zero-order valence-electron chi connectivity index (χ0n) is 15.1. The van der Waals surface area contributed by atoms with Gasteiger partial charge in [-0.2, -0.15) is 14.6 Å². The third-order valence-electron chi connectivity index (χ3n) is 5.03. The average Bonchev–Trinajstić information content (AvgIpc) is 3.32. The Balaban J connectivity index is 1.80. The van der Waals surface area contributed by atoms with Gasteiger partial charge in [0.05, 0.1) is 16.9 Å². The predicted octanol–water partition coefficient (Wildman–Crippen LogP) is 5.70. The lowest BCUT2D eigenvalue weighted by atomic mass is 9.94. The molecule has 0 bridgehead atoms. The first kappa shape index (κ1) is 17.6. The Kier molecular flexibility index (Phi) is 4.53. The molecule has 1 atom stereocenters. The van der Waals surface area contributed by atoms with Crippen molar-refractivity contribution in [1.29, 1.82) is 0 Å². The Bertz CT molecular complexity index is 954. The Morgan fingerprint density at radius 2 is 2.00 bits per heavy atom. The molecular formula is C19H21Cl2N5. The van der Waals surface area contributed by atoms with Gasteiger partial charge >= 0.3 is 0 Å². The van der Waals surface area contributed by atoms with Gasteiger partial charge in [0.25, 0.3) is 0 Å². The number of benzene rings is 1. The van der Waals surface area contributed by atoms with Crippen molar-refractivity contribution in [3.63, 3.8) is 0 Å². The molecule has 0 spiro atoms. The molecule has 1 fully saturated rings. The zero-order chi connectivity index (χ0) is 18.4. The maximum atomic E-state index is 6.38. The van der Waals surface area contributed by atoms with Crippen molar-refractivity contribution in [2.45, 2.75) is 46.0 Å². The molecule has 2 aromatic heterocycles. The van der Waals surface area contributed by atoms with Crippen molar-refractivity contribution in [3.05, 3.63) is 45.3 Å². The van der Waals surface area contributed by atoms with Crippen LogP contribution in [0.1, 0.15) is 49.1 Å². The molecule has 1 aromatic carbocycles. The predicted molar refractivity (Wildman–Crippen MR) is 106 cm³/mol. The molecule has 0 amide bonds. The van der Waals surface area contributed by atoms with Crippen LogP contribution in [0.25, 0.3) is 5.65 Å². The Labute approximate surface area is 162 Å². The third-order valence-corrected chi connectivity index (χ3v) is 5.54. The van der Waals surface area contributed by atoms with Crippen LogP contribution in [-0.4, -0.2) is 19.6 Å². The van der Waals surface area contributed by atoms with E-state index in [1.807, 2.05) is 26.1 Å². The van der Waals surface area contributed by atoms with Crippen molar-refractivity contribution in [1.82, 2.24) is 19.6 Å². The minimum Gasteiger partial charge on any atom is -0.322 e. The van der Waals surface area contributed by atoms with Gasteiger partial charge in [0.15, 0.2) is 5.65 Å². The van der Waals surface area contributed by atoms with E-state index in [0.29, 0.717) is 27.7 Å². The summed E-state index contributed by atoms with van der Waals surface area (Å²) in [6.45, 7) is 6.09. The average molecular weight is 390 g/mol. The smallest absolute Gasteiger partial charge is 0.232 e. The second-order valence-corrected chi connectivity index (χ2v) is 7.83. The highest BCUT2D eigenvalue weighted by atomic mass is 35.5. The van der Waals surface area contributed by atoms with E-state index in [2.05, 4.69) is 27.3 Å². The fraction of sp³-hybridized carbons (Fsp3) is 0.421. The molecule has 136 valence electrons. The van der Waals surface area contributed by atoms with Crippen LogP contribution in [0.4, 0.5) is 11.6 Å². The second kappa shape index (κ2) is 6.71. The summed E-state index contributed by atoms with van der Waals surface area (Å²) in [5.74, 6) is 2.58. The molecule has 1 N–H and O–H groups in total. The molecule has 1 aliphatic rings. The van der Waals surface area contributed by atoms with Crippen LogP contribution in [0, 0.1) is 19.8 Å². The largest absolute Gasteiger partial charge is 0.322 e. The fourth-order valence-electron chi connectivity index (χ4n) is 3.62. The van der Waals surface area contributed by atoms with E-state index in [0.717, 1.165) is 29.2 Å². The van der Waals surface area contributed by atoms with Crippen molar-refractivity contribution in [3.8, 4) is 0 Å². The summed E-state index contributed by atoms with van der Waals surface area (Å²) in [6.07, 6.45) is 5.63. The summed E-state index contributed by atoms with van der Waals surface area (Å²) in [7, 11) is 0. The third kappa shape index (κ3) is 3.14. The molecule has 0 radical (unpaired) electrons. The van der Waals surface area contributed by atoms with E-state index in [4.69, 9.17) is 23.2 Å². The van der Waals surface area contributed by atoms with Gasteiger partial charge in [-0.05, 0) is 62.6 Å². The van der Waals surface area contributed by atoms with Crippen LogP contribution in [0.5, 0.6) is 0 Å². The molecule has 5 nitrogen and oxygen atoms in total. The van der Waals surface area contributed by atoms with E-state index in [1.54, 1.807) is 10.6 Å². The molecule has 7 heteroatoms. The molecular weight excluding hydrogens is 369 g/mol. The standard InChI is InChI=1S/C19H21Cl2N5/c1-4-14(12-5-6-12)15-9-22-26-18(15)23-11(3)24-19(26)25-17-10(2)7-13(20)8-16(17)21/h7-9,12,14H,4-6H2,1-3H3,(H,23,24,25). The Morgan fingerprint density at radius 1 is 1.23 bits per heavy atom. The second-order valence-electron chi connectivity index (χ2n) is 6.99. The summed E-state index contributed by atoms with van der Waals surface area (Å²) < 4.78 is 1.78. The van der Waals surface area contributed by atoms with Crippen LogP contribution in [0.2, 0.25) is 10.0 Å². The number of hydrogen-bond acceptors (Lipinski definition) is 4. The normalized spacial score (nSPS) is 15.4. The zero-order valence-corrected chi connectivity index (χ0v) is 16.6. The van der Waals surface area contributed by atoms with Crippen LogP contribution in [0.3, 0.4) is 0 Å². The summed E-state index contributed by atoms with van der Waals surface area (Å²) in [4.78, 5) is 9.22. The van der Waals surface area contributed by atoms with Gasteiger partial charge < -0.3 is 5.32 Å². The van der Waals surface area contributed by atoms with Crippen LogP contribution < -0.4 is 5.32 Å². The number of hydrogen-bond donors (Lipinski definition) is 1.